The number of nitrogens with two attached hydrogens (primary N) is 1. The van der Waals surface area contributed by atoms with E-state index in [0.717, 1.165) is 24.4 Å². The van der Waals surface area contributed by atoms with Crippen molar-refractivity contribution in [3.05, 3.63) is 5.69 Å². The van der Waals surface area contributed by atoms with E-state index in [9.17, 15) is 0 Å². The lowest BCUT2D eigenvalue weighted by Crippen LogP contribution is -2.25. The highest BCUT2D eigenvalue weighted by Crippen LogP contribution is 2.33. The molecule has 2 N–H and O–H groups in total. The van der Waals surface area contributed by atoms with Crippen LogP contribution in [0.3, 0.4) is 0 Å². The highest BCUT2D eigenvalue weighted by atomic mass is 16.5. The maximum atomic E-state index is 6.02. The first-order valence-corrected chi connectivity index (χ1v) is 5.58. The number of nitrogen functional groups attached to an aromatic ring is 1. The fourth-order valence-corrected chi connectivity index (χ4v) is 1.76. The lowest BCUT2D eigenvalue weighted by Gasteiger charge is -2.26. The van der Waals surface area contributed by atoms with Crippen molar-refractivity contribution >= 4 is 5.69 Å². The average Bonchev–Trinajstić information content (AvgIpc) is 2.36. The summed E-state index contributed by atoms with van der Waals surface area (Å²) in [5.74, 6) is 1.08. The smallest absolute Gasteiger partial charge is 0.236 e. The summed E-state index contributed by atoms with van der Waals surface area (Å²) in [5, 5.41) is 4.39. The molecule has 0 amide bonds. The van der Waals surface area contributed by atoms with E-state index in [4.69, 9.17) is 10.5 Å². The molecule has 2 rings (SSSR count). The minimum atomic E-state index is 0.343. The van der Waals surface area contributed by atoms with Crippen LogP contribution < -0.4 is 10.5 Å². The first-order chi connectivity index (χ1) is 7.09. The number of hydrogen-bond donors (Lipinski definition) is 1. The molecular weight excluding hydrogens is 190 g/mol. The van der Waals surface area contributed by atoms with Gasteiger partial charge < -0.3 is 10.5 Å². The molecule has 1 aromatic rings. The van der Waals surface area contributed by atoms with Gasteiger partial charge in [0.15, 0.2) is 0 Å². The second-order valence-corrected chi connectivity index (χ2v) is 4.55. The van der Waals surface area contributed by atoms with Crippen LogP contribution in [-0.2, 0) is 7.05 Å². The van der Waals surface area contributed by atoms with Gasteiger partial charge in [-0.2, -0.15) is 5.10 Å². The molecule has 0 radical (unpaired) electrons. The van der Waals surface area contributed by atoms with E-state index in [0.29, 0.717) is 17.7 Å². The molecule has 1 saturated carbocycles. The van der Waals surface area contributed by atoms with Crippen LogP contribution >= 0.6 is 0 Å². The van der Waals surface area contributed by atoms with Crippen LogP contribution in [0.2, 0.25) is 0 Å². The molecule has 1 aliphatic rings. The van der Waals surface area contributed by atoms with Crippen LogP contribution in [0.25, 0.3) is 0 Å². The molecule has 0 aromatic carbocycles. The predicted octanol–water partition coefficient (Wildman–Crippen LogP) is 2.06. The van der Waals surface area contributed by atoms with Gasteiger partial charge in [-0.15, -0.1) is 0 Å². The predicted molar refractivity (Wildman–Crippen MR) is 60.0 cm³/mol. The van der Waals surface area contributed by atoms with Crippen LogP contribution in [-0.4, -0.2) is 15.9 Å². The average molecular weight is 209 g/mol. The SMILES string of the molecule is CC(C)c1nn(C)c(OC2CCC2)c1N. The Morgan fingerprint density at radius 2 is 2.13 bits per heavy atom. The van der Waals surface area contributed by atoms with Gasteiger partial charge >= 0.3 is 0 Å². The third kappa shape index (κ3) is 1.80. The van der Waals surface area contributed by atoms with Gasteiger partial charge in [0.05, 0.1) is 5.69 Å². The third-order valence-electron chi connectivity index (χ3n) is 2.94. The van der Waals surface area contributed by atoms with E-state index in [2.05, 4.69) is 18.9 Å². The molecule has 0 bridgehead atoms. The zero-order valence-corrected chi connectivity index (χ0v) is 9.66. The minimum Gasteiger partial charge on any atom is -0.473 e. The Bertz CT molecular complexity index is 353. The van der Waals surface area contributed by atoms with Gasteiger partial charge in [-0.05, 0) is 25.2 Å². The minimum absolute atomic E-state index is 0.343. The molecule has 1 aromatic heterocycles. The van der Waals surface area contributed by atoms with Gasteiger partial charge in [0, 0.05) is 7.05 Å². The molecule has 0 atom stereocenters. The molecule has 1 heterocycles. The van der Waals surface area contributed by atoms with Crippen molar-refractivity contribution in [1.82, 2.24) is 9.78 Å². The third-order valence-corrected chi connectivity index (χ3v) is 2.94. The molecule has 1 aliphatic carbocycles. The number of aromatic nitrogens is 2. The number of hydrogen-bond acceptors (Lipinski definition) is 3. The van der Waals surface area contributed by atoms with Crippen molar-refractivity contribution in [2.75, 3.05) is 5.73 Å². The summed E-state index contributed by atoms with van der Waals surface area (Å²) in [7, 11) is 1.89. The highest BCUT2D eigenvalue weighted by molar-refractivity contribution is 5.54. The zero-order chi connectivity index (χ0) is 11.0. The maximum Gasteiger partial charge on any atom is 0.236 e. The van der Waals surface area contributed by atoms with Gasteiger partial charge in [0.1, 0.15) is 11.8 Å². The van der Waals surface area contributed by atoms with Crippen molar-refractivity contribution in [1.29, 1.82) is 0 Å². The first-order valence-electron chi connectivity index (χ1n) is 5.58. The van der Waals surface area contributed by atoms with Crippen molar-refractivity contribution in [3.63, 3.8) is 0 Å². The molecule has 4 heteroatoms. The van der Waals surface area contributed by atoms with Crippen molar-refractivity contribution in [3.8, 4) is 5.88 Å². The standard InChI is InChI=1S/C11H19N3O/c1-7(2)10-9(12)11(14(3)13-10)15-8-5-4-6-8/h7-8H,4-6,12H2,1-3H3. The quantitative estimate of drug-likeness (QED) is 0.829. The van der Waals surface area contributed by atoms with Crippen molar-refractivity contribution in [2.45, 2.75) is 45.1 Å². The Morgan fingerprint density at radius 1 is 1.47 bits per heavy atom. The number of ether oxygens (including phenoxy) is 1. The lowest BCUT2D eigenvalue weighted by molar-refractivity contribution is 0.110. The topological polar surface area (TPSA) is 53.1 Å². The van der Waals surface area contributed by atoms with Crippen LogP contribution in [0.4, 0.5) is 5.69 Å². The van der Waals surface area contributed by atoms with E-state index in [1.807, 2.05) is 7.05 Å². The van der Waals surface area contributed by atoms with Gasteiger partial charge in [-0.1, -0.05) is 13.8 Å². The number of rotatable bonds is 3. The van der Waals surface area contributed by atoms with Crippen LogP contribution in [0.1, 0.15) is 44.7 Å². The summed E-state index contributed by atoms with van der Waals surface area (Å²) >= 11 is 0. The summed E-state index contributed by atoms with van der Waals surface area (Å²) in [5.41, 5.74) is 7.67. The highest BCUT2D eigenvalue weighted by Gasteiger charge is 2.24. The van der Waals surface area contributed by atoms with E-state index in [1.54, 1.807) is 4.68 Å². The Morgan fingerprint density at radius 3 is 2.53 bits per heavy atom. The summed E-state index contributed by atoms with van der Waals surface area (Å²) in [4.78, 5) is 0. The Hall–Kier alpha value is -1.19. The summed E-state index contributed by atoms with van der Waals surface area (Å²) in [6.07, 6.45) is 3.89. The monoisotopic (exact) mass is 209 g/mol. The Labute approximate surface area is 90.4 Å². The molecular formula is C11H19N3O. The lowest BCUT2D eigenvalue weighted by atomic mass is 9.96. The maximum absolute atomic E-state index is 6.02. The molecule has 0 spiro atoms. The number of nitrogens with zero attached hydrogens (tertiary/aromatic N) is 2. The molecule has 4 nitrogen and oxygen atoms in total. The molecule has 0 aliphatic heterocycles. The van der Waals surface area contributed by atoms with Crippen LogP contribution in [0, 0.1) is 0 Å². The summed E-state index contributed by atoms with van der Waals surface area (Å²) in [6.45, 7) is 4.18. The molecule has 0 unspecified atom stereocenters. The van der Waals surface area contributed by atoms with Gasteiger partial charge in [-0.25, -0.2) is 4.68 Å². The van der Waals surface area contributed by atoms with E-state index >= 15 is 0 Å². The fourth-order valence-electron chi connectivity index (χ4n) is 1.76. The first kappa shape index (κ1) is 10.3. The van der Waals surface area contributed by atoms with Crippen LogP contribution in [0.15, 0.2) is 0 Å². The molecule has 84 valence electrons. The van der Waals surface area contributed by atoms with Gasteiger partial charge in [0.25, 0.3) is 0 Å². The Balaban J connectivity index is 2.21. The molecule has 0 saturated heterocycles. The zero-order valence-electron chi connectivity index (χ0n) is 9.66. The number of anilines is 1. The summed E-state index contributed by atoms with van der Waals surface area (Å²) in [6, 6.07) is 0. The fraction of sp³-hybridized carbons (Fsp3) is 0.727. The molecule has 15 heavy (non-hydrogen) atoms. The van der Waals surface area contributed by atoms with Gasteiger partial charge in [-0.3, -0.25) is 0 Å². The van der Waals surface area contributed by atoms with Crippen LogP contribution in [0.5, 0.6) is 5.88 Å². The van der Waals surface area contributed by atoms with E-state index in [-0.39, 0.29) is 0 Å². The van der Waals surface area contributed by atoms with Gasteiger partial charge in [0.2, 0.25) is 5.88 Å². The largest absolute Gasteiger partial charge is 0.473 e. The van der Waals surface area contributed by atoms with E-state index in [1.165, 1.54) is 6.42 Å². The Kier molecular flexibility index (Phi) is 2.59. The number of aryl methyl sites for hydroxylation is 1. The van der Waals surface area contributed by atoms with Crippen molar-refractivity contribution in [2.24, 2.45) is 7.05 Å². The normalized spacial score (nSPS) is 16.8. The molecule has 1 fully saturated rings. The van der Waals surface area contributed by atoms with E-state index < -0.39 is 0 Å². The second-order valence-electron chi connectivity index (χ2n) is 4.55. The van der Waals surface area contributed by atoms with Crippen molar-refractivity contribution < 1.29 is 4.74 Å². The summed E-state index contributed by atoms with van der Waals surface area (Å²) < 4.78 is 7.57. The second kappa shape index (κ2) is 3.76.